The molecule has 1 aromatic heterocycles. The molecule has 0 radical (unpaired) electrons. The van der Waals surface area contributed by atoms with Gasteiger partial charge in [-0.25, -0.2) is 0 Å². The van der Waals surface area contributed by atoms with Gasteiger partial charge in [0, 0.05) is 59.6 Å². The maximum absolute atomic E-state index is 11.3. The Morgan fingerprint density at radius 3 is 2.67 bits per heavy atom. The third-order valence-corrected chi connectivity index (χ3v) is 4.06. The zero-order chi connectivity index (χ0) is 13.8. The summed E-state index contributed by atoms with van der Waals surface area (Å²) in [5.74, 6) is 1.46. The summed E-state index contributed by atoms with van der Waals surface area (Å²) in [5, 5.41) is 7.87. The van der Waals surface area contributed by atoms with E-state index in [1.54, 1.807) is 0 Å². The Morgan fingerprint density at radius 2 is 2.11 bits per heavy atom. The van der Waals surface area contributed by atoms with Crippen molar-refractivity contribution in [2.75, 3.05) is 18.1 Å². The molecule has 0 aromatic carbocycles. The minimum Gasteiger partial charge on any atom is -0.312 e. The predicted octanol–water partition coefficient (Wildman–Crippen LogP) is 1.58. The molecule has 0 aliphatic heterocycles. The van der Waals surface area contributed by atoms with Crippen LogP contribution in [0.3, 0.4) is 0 Å². The third-order valence-electron chi connectivity index (χ3n) is 2.76. The van der Waals surface area contributed by atoms with Gasteiger partial charge in [-0.05, 0) is 0 Å². The van der Waals surface area contributed by atoms with Gasteiger partial charge in [0.2, 0.25) is 0 Å². The molecular weight excluding hydrogens is 246 g/mol. The summed E-state index contributed by atoms with van der Waals surface area (Å²) in [6, 6.07) is 0. The van der Waals surface area contributed by atoms with E-state index in [2.05, 4.69) is 37.4 Å². The van der Waals surface area contributed by atoms with Crippen LogP contribution in [-0.2, 0) is 29.8 Å². The van der Waals surface area contributed by atoms with Crippen molar-refractivity contribution in [1.82, 2.24) is 15.1 Å². The lowest BCUT2D eigenvalue weighted by atomic mass is 9.89. The summed E-state index contributed by atoms with van der Waals surface area (Å²) in [7, 11) is 1.26. The molecule has 5 heteroatoms. The van der Waals surface area contributed by atoms with Crippen molar-refractivity contribution in [2.24, 2.45) is 7.05 Å². The number of hydrogen-bond acceptors (Lipinski definition) is 3. The van der Waals surface area contributed by atoms with Crippen LogP contribution in [0.15, 0.2) is 6.20 Å². The standard InChI is InChI=1S/C13H25N3OS/c1-6-18(17)8-7-14-9-11-10-16(5)15-12(11)13(2,3)4/h10,14H,6-9H2,1-5H3. The number of hydrogen-bond donors (Lipinski definition) is 1. The monoisotopic (exact) mass is 271 g/mol. The lowest BCUT2D eigenvalue weighted by Crippen LogP contribution is -2.23. The van der Waals surface area contributed by atoms with E-state index in [1.165, 1.54) is 5.56 Å². The van der Waals surface area contributed by atoms with Gasteiger partial charge in [0.05, 0.1) is 5.69 Å². The van der Waals surface area contributed by atoms with Crippen molar-refractivity contribution < 1.29 is 4.21 Å². The van der Waals surface area contributed by atoms with Crippen molar-refractivity contribution in [2.45, 2.75) is 39.7 Å². The summed E-state index contributed by atoms with van der Waals surface area (Å²) >= 11 is 0. The number of nitrogens with one attached hydrogen (secondary N) is 1. The molecule has 4 nitrogen and oxygen atoms in total. The van der Waals surface area contributed by atoms with Crippen LogP contribution in [-0.4, -0.2) is 32.0 Å². The quantitative estimate of drug-likeness (QED) is 0.799. The van der Waals surface area contributed by atoms with Crippen molar-refractivity contribution in [3.63, 3.8) is 0 Å². The molecule has 1 rings (SSSR count). The topological polar surface area (TPSA) is 46.9 Å². The maximum atomic E-state index is 11.3. The Kier molecular flexibility index (Phi) is 5.53. The summed E-state index contributed by atoms with van der Waals surface area (Å²) in [6.07, 6.45) is 2.06. The minimum absolute atomic E-state index is 0.0600. The molecule has 1 unspecified atom stereocenters. The zero-order valence-electron chi connectivity index (χ0n) is 12.1. The molecule has 104 valence electrons. The minimum atomic E-state index is -0.685. The number of aryl methyl sites for hydroxylation is 1. The van der Waals surface area contributed by atoms with E-state index >= 15 is 0 Å². The fourth-order valence-electron chi connectivity index (χ4n) is 1.85. The number of aromatic nitrogens is 2. The summed E-state index contributed by atoms with van der Waals surface area (Å²) in [5.41, 5.74) is 2.42. The smallest absolute Gasteiger partial charge is 0.0722 e. The Hall–Kier alpha value is -0.680. The lowest BCUT2D eigenvalue weighted by molar-refractivity contribution is 0.544. The van der Waals surface area contributed by atoms with E-state index in [0.29, 0.717) is 0 Å². The molecule has 18 heavy (non-hydrogen) atoms. The van der Waals surface area contributed by atoms with Gasteiger partial charge in [0.15, 0.2) is 0 Å². The Balaban J connectivity index is 2.55. The largest absolute Gasteiger partial charge is 0.312 e. The summed E-state index contributed by atoms with van der Waals surface area (Å²) in [4.78, 5) is 0. The first-order valence-electron chi connectivity index (χ1n) is 6.43. The normalized spacial score (nSPS) is 13.8. The highest BCUT2D eigenvalue weighted by Crippen LogP contribution is 2.23. The van der Waals surface area contributed by atoms with Gasteiger partial charge >= 0.3 is 0 Å². The Bertz CT molecular complexity index is 407. The van der Waals surface area contributed by atoms with Crippen molar-refractivity contribution in [3.05, 3.63) is 17.5 Å². The second-order valence-electron chi connectivity index (χ2n) is 5.54. The molecule has 0 saturated heterocycles. The third kappa shape index (κ3) is 4.53. The molecule has 0 aliphatic carbocycles. The number of rotatable bonds is 6. The molecule has 0 bridgehead atoms. The van der Waals surface area contributed by atoms with Crippen LogP contribution in [0.1, 0.15) is 39.0 Å². The van der Waals surface area contributed by atoms with Crippen molar-refractivity contribution >= 4 is 10.8 Å². The first-order chi connectivity index (χ1) is 8.34. The van der Waals surface area contributed by atoms with E-state index in [0.717, 1.165) is 30.3 Å². The molecule has 0 aliphatic rings. The lowest BCUT2D eigenvalue weighted by Gasteiger charge is -2.17. The number of nitrogens with zero attached hydrogens (tertiary/aromatic N) is 2. The first kappa shape index (κ1) is 15.4. The van der Waals surface area contributed by atoms with E-state index in [-0.39, 0.29) is 5.41 Å². The van der Waals surface area contributed by atoms with E-state index < -0.39 is 10.8 Å². The molecular formula is C13H25N3OS. The highest BCUT2D eigenvalue weighted by atomic mass is 32.2. The second kappa shape index (κ2) is 6.48. The molecule has 0 fully saturated rings. The predicted molar refractivity (Wildman–Crippen MR) is 77.2 cm³/mol. The van der Waals surface area contributed by atoms with Crippen LogP contribution in [0, 0.1) is 0 Å². The van der Waals surface area contributed by atoms with Gasteiger partial charge in [-0.1, -0.05) is 27.7 Å². The SMILES string of the molecule is CCS(=O)CCNCc1cn(C)nc1C(C)(C)C. The molecule has 0 saturated carbocycles. The zero-order valence-corrected chi connectivity index (χ0v) is 12.9. The highest BCUT2D eigenvalue weighted by molar-refractivity contribution is 7.84. The van der Waals surface area contributed by atoms with Crippen LogP contribution in [0.4, 0.5) is 0 Å². The van der Waals surface area contributed by atoms with E-state index in [4.69, 9.17) is 0 Å². The fourth-order valence-corrected chi connectivity index (χ4v) is 2.51. The van der Waals surface area contributed by atoms with Crippen LogP contribution in [0.2, 0.25) is 0 Å². The fraction of sp³-hybridized carbons (Fsp3) is 0.769. The van der Waals surface area contributed by atoms with Gasteiger partial charge in [-0.2, -0.15) is 5.10 Å². The summed E-state index contributed by atoms with van der Waals surface area (Å²) < 4.78 is 13.2. The molecule has 1 N–H and O–H groups in total. The van der Waals surface area contributed by atoms with Crippen molar-refractivity contribution in [3.8, 4) is 0 Å². The van der Waals surface area contributed by atoms with Crippen LogP contribution in [0.5, 0.6) is 0 Å². The van der Waals surface area contributed by atoms with E-state index in [9.17, 15) is 4.21 Å². The van der Waals surface area contributed by atoms with Gasteiger partial charge in [0.1, 0.15) is 0 Å². The average Bonchev–Trinajstić information content (AvgIpc) is 2.65. The molecule has 0 spiro atoms. The van der Waals surface area contributed by atoms with E-state index in [1.807, 2.05) is 18.7 Å². The molecule has 0 amide bonds. The average molecular weight is 271 g/mol. The molecule has 1 heterocycles. The van der Waals surface area contributed by atoms with Gasteiger partial charge < -0.3 is 5.32 Å². The van der Waals surface area contributed by atoms with Crippen LogP contribution in [0.25, 0.3) is 0 Å². The highest BCUT2D eigenvalue weighted by Gasteiger charge is 2.21. The van der Waals surface area contributed by atoms with Gasteiger partial charge in [-0.3, -0.25) is 8.89 Å². The van der Waals surface area contributed by atoms with Crippen LogP contribution < -0.4 is 5.32 Å². The first-order valence-corrected chi connectivity index (χ1v) is 7.92. The maximum Gasteiger partial charge on any atom is 0.0722 e. The Labute approximate surface area is 113 Å². The molecule has 1 aromatic rings. The molecule has 1 atom stereocenters. The van der Waals surface area contributed by atoms with Gasteiger partial charge in [-0.15, -0.1) is 0 Å². The Morgan fingerprint density at radius 1 is 1.44 bits per heavy atom. The van der Waals surface area contributed by atoms with Crippen LogP contribution >= 0.6 is 0 Å². The summed E-state index contributed by atoms with van der Waals surface area (Å²) in [6.45, 7) is 10.1. The second-order valence-corrected chi connectivity index (χ2v) is 7.40. The van der Waals surface area contributed by atoms with Gasteiger partial charge in [0.25, 0.3) is 0 Å². The van der Waals surface area contributed by atoms with Crippen molar-refractivity contribution in [1.29, 1.82) is 0 Å².